The zero-order chi connectivity index (χ0) is 3.41. The topological polar surface area (TPSA) is 0 Å². The van der Waals surface area contributed by atoms with Gasteiger partial charge in [0.25, 0.3) is 0 Å². The molecular weight excluding hydrogens is 226 g/mol. The standard InChI is InChI=1S/CS.HI.Mn/c1-2;;/h;1H;/q;;+1/p-1. The van der Waals surface area contributed by atoms with Crippen LogP contribution in [0.2, 0.25) is 0 Å². The second kappa shape index (κ2) is 4.25. The molecule has 4 heavy (non-hydrogen) atoms. The van der Waals surface area contributed by atoms with E-state index in [9.17, 15) is 0 Å². The summed E-state index contributed by atoms with van der Waals surface area (Å²) in [6.07, 6.45) is 0. The van der Waals surface area contributed by atoms with Gasteiger partial charge in [-0.3, -0.25) is 0 Å². The number of hydrogen-bond acceptors (Lipinski definition) is 1. The van der Waals surface area contributed by atoms with Crippen LogP contribution < -0.4 is 0 Å². The van der Waals surface area contributed by atoms with Crippen molar-refractivity contribution < 1.29 is 11.3 Å². The molecule has 0 N–H and O–H groups in total. The summed E-state index contributed by atoms with van der Waals surface area (Å²) < 4.78 is 2.53. The van der Waals surface area contributed by atoms with Crippen LogP contribution in [0.15, 0.2) is 0 Å². The van der Waals surface area contributed by atoms with Crippen LogP contribution in [0, 0.1) is 0 Å². The van der Waals surface area contributed by atoms with Gasteiger partial charge in [0, 0.05) is 0 Å². The Morgan fingerprint density at radius 1 is 2.00 bits per heavy atom. The second-order valence-electron chi connectivity index (χ2n) is 0.149. The summed E-state index contributed by atoms with van der Waals surface area (Å²) in [6, 6.07) is 0. The minimum absolute atomic E-state index is 0.653. The van der Waals surface area contributed by atoms with Gasteiger partial charge in [-0.15, -0.1) is 0 Å². The van der Waals surface area contributed by atoms with Crippen LogP contribution in [0.3, 0.4) is 0 Å². The average molecular weight is 226 g/mol. The van der Waals surface area contributed by atoms with E-state index in [1.54, 1.807) is 0 Å². The fraction of sp³-hybridized carbons (Fsp3) is 0. The molecule has 0 aromatic rings. The molecule has 0 spiro atoms. The van der Waals surface area contributed by atoms with Gasteiger partial charge in [0.1, 0.15) is 0 Å². The van der Waals surface area contributed by atoms with E-state index in [0.717, 1.165) is 0 Å². The molecule has 0 unspecified atom stereocenters. The Balaban J connectivity index is 3.11. The van der Waals surface area contributed by atoms with Gasteiger partial charge in [0.05, 0.1) is 0 Å². The van der Waals surface area contributed by atoms with Crippen LogP contribution in [0.1, 0.15) is 0 Å². The van der Waals surface area contributed by atoms with Crippen LogP contribution in [0.4, 0.5) is 0 Å². The maximum absolute atomic E-state index is 4.31. The summed E-state index contributed by atoms with van der Waals surface area (Å²) >= 11 is 7.13. The third kappa shape index (κ3) is 3.25. The third-order valence-corrected chi connectivity index (χ3v) is 2.42. The van der Waals surface area contributed by atoms with Crippen molar-refractivity contribution in [2.45, 2.75) is 0 Å². The van der Waals surface area contributed by atoms with Gasteiger partial charge in [-0.2, -0.15) is 0 Å². The number of rotatable bonds is 0. The van der Waals surface area contributed by atoms with Crippen molar-refractivity contribution in [2.75, 3.05) is 0 Å². The molecule has 0 aromatic heterocycles. The monoisotopic (exact) mass is 226 g/mol. The van der Waals surface area contributed by atoms with Gasteiger partial charge in [0.2, 0.25) is 0 Å². The van der Waals surface area contributed by atoms with E-state index in [0.29, 0.717) is 11.3 Å². The van der Waals surface area contributed by atoms with Crippen molar-refractivity contribution >= 4 is 36.4 Å². The number of thiocarbonyl (C=S) groups is 1. The molecule has 0 nitrogen and oxygen atoms in total. The van der Waals surface area contributed by atoms with Gasteiger partial charge in [-0.05, 0) is 0 Å². The summed E-state index contributed by atoms with van der Waals surface area (Å²) in [5.41, 5.74) is 0. The van der Waals surface area contributed by atoms with Crippen molar-refractivity contribution in [1.29, 1.82) is 0 Å². The maximum atomic E-state index is 4.31. The molecule has 24 valence electrons. The summed E-state index contributed by atoms with van der Waals surface area (Å²) in [5.74, 6) is 0. The first kappa shape index (κ1) is 5.25. The van der Waals surface area contributed by atoms with E-state index in [-0.39, 0.29) is 0 Å². The van der Waals surface area contributed by atoms with Gasteiger partial charge in [0.15, 0.2) is 0 Å². The molecule has 0 saturated heterocycles. The third-order valence-electron chi connectivity index (χ3n) is 0.0292. The molecule has 0 atom stereocenters. The van der Waals surface area contributed by atoms with Crippen molar-refractivity contribution in [1.82, 2.24) is 0 Å². The van der Waals surface area contributed by atoms with Crippen LogP contribution in [-0.2, 0) is 11.3 Å². The molecule has 0 bridgehead atoms. The van der Waals surface area contributed by atoms with Crippen LogP contribution >= 0.6 is 32.6 Å². The van der Waals surface area contributed by atoms with Crippen LogP contribution in [0.25, 0.3) is 0 Å². The summed E-state index contributed by atoms with van der Waals surface area (Å²) in [4.78, 5) is 0. The van der Waals surface area contributed by atoms with E-state index in [1.807, 2.05) is 0 Å². The molecule has 0 saturated carbocycles. The van der Waals surface area contributed by atoms with E-state index >= 15 is 0 Å². The predicted molar refractivity (Wildman–Crippen MR) is 26.6 cm³/mol. The summed E-state index contributed by atoms with van der Waals surface area (Å²) in [5, 5.41) is 0. The Morgan fingerprint density at radius 3 is 2.25 bits per heavy atom. The van der Waals surface area contributed by atoms with Crippen molar-refractivity contribution in [3.05, 3.63) is 0 Å². The van der Waals surface area contributed by atoms with Crippen molar-refractivity contribution in [2.24, 2.45) is 0 Å². The van der Waals surface area contributed by atoms with E-state index in [4.69, 9.17) is 0 Å². The fourth-order valence-corrected chi connectivity index (χ4v) is 0. The van der Waals surface area contributed by atoms with E-state index in [1.165, 1.54) is 0 Å². The SMILES string of the molecule is S=[C]=[Mn][I]. The van der Waals surface area contributed by atoms with E-state index in [2.05, 4.69) is 36.4 Å². The first-order valence-corrected chi connectivity index (χ1v) is 5.34. The molecule has 0 heterocycles. The molecule has 0 aliphatic rings. The minimum atomic E-state index is 0.653. The van der Waals surface area contributed by atoms with Gasteiger partial charge < -0.3 is 0 Å². The zero-order valence-electron chi connectivity index (χ0n) is 1.66. The van der Waals surface area contributed by atoms with Crippen LogP contribution in [0.5, 0.6) is 0 Å². The first-order chi connectivity index (χ1) is 1.91. The quantitative estimate of drug-likeness (QED) is 0.340. The van der Waals surface area contributed by atoms with Gasteiger partial charge in [-0.25, -0.2) is 0 Å². The molecule has 0 amide bonds. The normalized spacial score (nSPS) is 5.25. The molecule has 0 aliphatic carbocycles. The number of halogens is 1. The zero-order valence-corrected chi connectivity index (χ0v) is 5.82. The molecular formula is CIMnS. The summed E-state index contributed by atoms with van der Waals surface area (Å²) in [7, 11) is 0. The van der Waals surface area contributed by atoms with Gasteiger partial charge >= 0.3 is 47.7 Å². The Hall–Kier alpha value is 1.25. The Kier molecular flexibility index (Phi) is 5.58. The first-order valence-electron chi connectivity index (χ1n) is 0.536. The van der Waals surface area contributed by atoms with Gasteiger partial charge in [-0.1, -0.05) is 0 Å². The Labute approximate surface area is 47.4 Å². The van der Waals surface area contributed by atoms with Crippen LogP contribution in [-0.4, -0.2) is 3.87 Å². The number of hydrogen-bond donors (Lipinski definition) is 0. The predicted octanol–water partition coefficient (Wildman–Crippen LogP) is 1.25. The molecule has 3 heteroatoms. The Morgan fingerprint density at radius 2 is 2.25 bits per heavy atom. The molecule has 0 aliphatic heterocycles. The van der Waals surface area contributed by atoms with E-state index < -0.39 is 0 Å². The average Bonchev–Trinajstić information content (AvgIpc) is 1.37. The second-order valence-corrected chi connectivity index (χ2v) is 2.93. The molecule has 0 aromatic carbocycles. The van der Waals surface area contributed by atoms with Crippen molar-refractivity contribution in [3.63, 3.8) is 0 Å². The molecule has 0 rings (SSSR count). The molecule has 0 radical (unpaired) electrons. The summed E-state index contributed by atoms with van der Waals surface area (Å²) in [6.45, 7) is 0. The Bertz CT molecular complexity index is 46.0. The van der Waals surface area contributed by atoms with Crippen molar-refractivity contribution in [3.8, 4) is 0 Å². The molecule has 0 fully saturated rings. The fourth-order valence-electron chi connectivity index (χ4n) is 0.